The molecular formula is C19H12F4N2O3. The molecule has 2 N–H and O–H groups in total. The minimum atomic E-state index is -4.93. The number of hydrogen-bond donors (Lipinski definition) is 2. The smallest absolute Gasteiger partial charge is 0.406 e. The maximum absolute atomic E-state index is 13.2. The first-order chi connectivity index (χ1) is 13.2. The molecule has 0 bridgehead atoms. The third-order valence-electron chi connectivity index (χ3n) is 3.66. The Morgan fingerprint density at radius 3 is 2.36 bits per heavy atom. The normalized spacial score (nSPS) is 11.1. The monoisotopic (exact) mass is 392 g/mol. The Bertz CT molecular complexity index is 1060. The summed E-state index contributed by atoms with van der Waals surface area (Å²) >= 11 is 0. The minimum Gasteiger partial charge on any atom is -0.406 e. The van der Waals surface area contributed by atoms with Crippen LogP contribution in [-0.4, -0.2) is 17.3 Å². The number of aromatic amines is 1. The van der Waals surface area contributed by atoms with Gasteiger partial charge in [0.05, 0.1) is 5.56 Å². The lowest BCUT2D eigenvalue weighted by Gasteiger charge is -2.14. The number of anilines is 1. The maximum Gasteiger partial charge on any atom is 0.573 e. The van der Waals surface area contributed by atoms with E-state index in [4.69, 9.17) is 0 Å². The second-order valence-electron chi connectivity index (χ2n) is 5.66. The van der Waals surface area contributed by atoms with Gasteiger partial charge in [-0.05, 0) is 47.5 Å². The van der Waals surface area contributed by atoms with Gasteiger partial charge in [0.1, 0.15) is 11.6 Å². The molecule has 144 valence electrons. The number of carbonyl (C=O) groups is 1. The molecule has 0 aliphatic carbocycles. The molecule has 28 heavy (non-hydrogen) atoms. The van der Waals surface area contributed by atoms with Gasteiger partial charge in [-0.15, -0.1) is 13.2 Å². The minimum absolute atomic E-state index is 0.145. The van der Waals surface area contributed by atoms with E-state index in [1.807, 2.05) is 0 Å². The highest BCUT2D eigenvalue weighted by atomic mass is 19.4. The molecule has 0 radical (unpaired) electrons. The molecular weight excluding hydrogens is 380 g/mol. The number of aromatic nitrogens is 1. The summed E-state index contributed by atoms with van der Waals surface area (Å²) in [4.78, 5) is 26.4. The number of hydrogen-bond acceptors (Lipinski definition) is 3. The van der Waals surface area contributed by atoms with Gasteiger partial charge in [-0.1, -0.05) is 12.1 Å². The molecule has 0 saturated carbocycles. The van der Waals surface area contributed by atoms with Crippen LogP contribution in [0.25, 0.3) is 11.1 Å². The molecule has 0 saturated heterocycles. The highest BCUT2D eigenvalue weighted by Gasteiger charge is 2.31. The largest absolute Gasteiger partial charge is 0.573 e. The summed E-state index contributed by atoms with van der Waals surface area (Å²) in [5.74, 6) is -1.86. The number of carbonyl (C=O) groups excluding carboxylic acids is 1. The zero-order chi connectivity index (χ0) is 20.3. The lowest BCUT2D eigenvalue weighted by Crippen LogP contribution is -2.19. The molecule has 0 fully saturated rings. The number of halogens is 4. The molecule has 0 unspecified atom stereocenters. The van der Waals surface area contributed by atoms with Crippen molar-refractivity contribution in [3.63, 3.8) is 0 Å². The lowest BCUT2D eigenvalue weighted by atomic mass is 9.98. The van der Waals surface area contributed by atoms with E-state index in [-0.39, 0.29) is 16.8 Å². The molecule has 3 rings (SSSR count). The van der Waals surface area contributed by atoms with Crippen LogP contribution >= 0.6 is 0 Å². The van der Waals surface area contributed by atoms with Crippen LogP contribution in [0.4, 0.5) is 23.2 Å². The number of alkyl halides is 3. The van der Waals surface area contributed by atoms with Crippen molar-refractivity contribution in [3.8, 4) is 16.9 Å². The van der Waals surface area contributed by atoms with Gasteiger partial charge in [0.2, 0.25) is 5.56 Å². The topological polar surface area (TPSA) is 71.2 Å². The summed E-state index contributed by atoms with van der Waals surface area (Å²) in [7, 11) is 0. The number of rotatable bonds is 4. The summed E-state index contributed by atoms with van der Waals surface area (Å²) in [6.45, 7) is 0. The standard InChI is InChI=1S/C19H12F4N2O3/c20-12-3-1-11(2-4-12)15-6-5-14(28-19(21,22)23)10-16(15)18(27)25-13-7-8-24-17(26)9-13/h1-10H,(H2,24,25,26,27). The van der Waals surface area contributed by atoms with E-state index in [9.17, 15) is 27.2 Å². The van der Waals surface area contributed by atoms with Crippen LogP contribution in [-0.2, 0) is 0 Å². The van der Waals surface area contributed by atoms with Crippen LogP contribution in [0.15, 0.2) is 65.6 Å². The van der Waals surface area contributed by atoms with Crippen molar-refractivity contribution in [1.29, 1.82) is 0 Å². The summed E-state index contributed by atoms with van der Waals surface area (Å²) < 4.78 is 54.6. The molecule has 1 aromatic heterocycles. The van der Waals surface area contributed by atoms with Crippen molar-refractivity contribution < 1.29 is 27.1 Å². The molecule has 1 heterocycles. The maximum atomic E-state index is 13.2. The zero-order valence-corrected chi connectivity index (χ0v) is 14.0. The highest BCUT2D eigenvalue weighted by molar-refractivity contribution is 6.09. The summed E-state index contributed by atoms with van der Waals surface area (Å²) in [5, 5.41) is 2.44. The Kier molecular flexibility index (Phi) is 5.16. The van der Waals surface area contributed by atoms with Crippen molar-refractivity contribution in [3.05, 3.63) is 82.5 Å². The van der Waals surface area contributed by atoms with Crippen molar-refractivity contribution in [2.24, 2.45) is 0 Å². The van der Waals surface area contributed by atoms with E-state index in [1.54, 1.807) is 0 Å². The van der Waals surface area contributed by atoms with Crippen LogP contribution in [0.1, 0.15) is 10.4 Å². The molecule has 5 nitrogen and oxygen atoms in total. The van der Waals surface area contributed by atoms with E-state index in [1.165, 1.54) is 30.5 Å². The number of benzene rings is 2. The molecule has 0 aliphatic heterocycles. The van der Waals surface area contributed by atoms with Crippen LogP contribution in [0.3, 0.4) is 0 Å². The van der Waals surface area contributed by atoms with Crippen molar-refractivity contribution in [1.82, 2.24) is 4.98 Å². The second-order valence-corrected chi connectivity index (χ2v) is 5.66. The fourth-order valence-electron chi connectivity index (χ4n) is 2.51. The van der Waals surface area contributed by atoms with E-state index in [2.05, 4.69) is 15.0 Å². The van der Waals surface area contributed by atoms with Crippen LogP contribution in [0.5, 0.6) is 5.75 Å². The SMILES string of the molecule is O=C(Nc1cc[nH]c(=O)c1)c1cc(OC(F)(F)F)ccc1-c1ccc(F)cc1. The van der Waals surface area contributed by atoms with Gasteiger partial charge < -0.3 is 15.0 Å². The quantitative estimate of drug-likeness (QED) is 0.650. The number of pyridine rings is 1. The van der Waals surface area contributed by atoms with Crippen LogP contribution < -0.4 is 15.6 Å². The highest BCUT2D eigenvalue weighted by Crippen LogP contribution is 2.31. The molecule has 0 aliphatic rings. The van der Waals surface area contributed by atoms with Gasteiger partial charge >= 0.3 is 6.36 Å². The first-order valence-corrected chi connectivity index (χ1v) is 7.87. The number of ether oxygens (including phenoxy) is 1. The Hall–Kier alpha value is -3.62. The van der Waals surface area contributed by atoms with E-state index < -0.39 is 29.4 Å². The third-order valence-corrected chi connectivity index (χ3v) is 3.66. The number of H-pyrrole nitrogens is 1. The fourth-order valence-corrected chi connectivity index (χ4v) is 2.51. The average Bonchev–Trinajstić information content (AvgIpc) is 2.61. The van der Waals surface area contributed by atoms with Gasteiger partial charge in [0, 0.05) is 18.0 Å². The molecule has 0 spiro atoms. The zero-order valence-electron chi connectivity index (χ0n) is 14.0. The number of amides is 1. The Labute approximate surface area is 155 Å². The van der Waals surface area contributed by atoms with Crippen LogP contribution in [0, 0.1) is 5.82 Å². The van der Waals surface area contributed by atoms with Crippen LogP contribution in [0.2, 0.25) is 0 Å². The first-order valence-electron chi connectivity index (χ1n) is 7.87. The van der Waals surface area contributed by atoms with E-state index >= 15 is 0 Å². The predicted molar refractivity (Wildman–Crippen MR) is 93.5 cm³/mol. The van der Waals surface area contributed by atoms with Gasteiger partial charge in [0.25, 0.3) is 5.91 Å². The fraction of sp³-hybridized carbons (Fsp3) is 0.0526. The van der Waals surface area contributed by atoms with Gasteiger partial charge in [-0.2, -0.15) is 0 Å². The molecule has 9 heteroatoms. The van der Waals surface area contributed by atoms with E-state index in [0.29, 0.717) is 5.56 Å². The van der Waals surface area contributed by atoms with Gasteiger partial charge in [0.15, 0.2) is 0 Å². The Morgan fingerprint density at radius 1 is 1.00 bits per heavy atom. The molecule has 3 aromatic rings. The van der Waals surface area contributed by atoms with E-state index in [0.717, 1.165) is 30.3 Å². The summed E-state index contributed by atoms with van der Waals surface area (Å²) in [6, 6.07) is 10.9. The Balaban J connectivity index is 2.03. The van der Waals surface area contributed by atoms with Crippen molar-refractivity contribution in [2.75, 3.05) is 5.32 Å². The van der Waals surface area contributed by atoms with Gasteiger partial charge in [-0.3, -0.25) is 9.59 Å². The second kappa shape index (κ2) is 7.55. The summed E-state index contributed by atoms with van der Waals surface area (Å²) in [6.07, 6.45) is -3.63. The molecule has 1 amide bonds. The average molecular weight is 392 g/mol. The third kappa shape index (κ3) is 4.76. The number of nitrogens with one attached hydrogen (secondary N) is 2. The lowest BCUT2D eigenvalue weighted by molar-refractivity contribution is -0.274. The first kappa shape index (κ1) is 19.2. The van der Waals surface area contributed by atoms with Gasteiger partial charge in [-0.25, -0.2) is 4.39 Å². The van der Waals surface area contributed by atoms with Crippen molar-refractivity contribution >= 4 is 11.6 Å². The Morgan fingerprint density at radius 2 is 1.71 bits per heavy atom. The molecule has 0 atom stereocenters. The predicted octanol–water partition coefficient (Wildman–Crippen LogP) is 4.33. The summed E-state index contributed by atoms with van der Waals surface area (Å²) in [5.41, 5.74) is 0.216. The van der Waals surface area contributed by atoms with Crippen molar-refractivity contribution in [2.45, 2.75) is 6.36 Å². The molecule has 2 aromatic carbocycles.